The molecule has 0 fully saturated rings. The van der Waals surface area contributed by atoms with Crippen molar-refractivity contribution in [2.75, 3.05) is 0 Å². The summed E-state index contributed by atoms with van der Waals surface area (Å²) in [5.74, 6) is -0.400. The summed E-state index contributed by atoms with van der Waals surface area (Å²) >= 11 is 1.38. The van der Waals surface area contributed by atoms with Gasteiger partial charge in [0.25, 0.3) is 0 Å². The molecule has 1 aromatic carbocycles. The molecule has 1 atom stereocenters. The molecular weight excluding hydrogens is 285 g/mol. The second kappa shape index (κ2) is 5.38. The Balaban J connectivity index is 2.21. The van der Waals surface area contributed by atoms with Crippen LogP contribution in [0, 0.1) is 12.7 Å². The number of hydrogen-bond donors (Lipinski definition) is 0. The van der Waals surface area contributed by atoms with Gasteiger partial charge in [0.05, 0.1) is 16.0 Å². The number of benzene rings is 1. The van der Waals surface area contributed by atoms with Gasteiger partial charge in [0.2, 0.25) is 0 Å². The van der Waals surface area contributed by atoms with Crippen molar-refractivity contribution < 1.29 is 12.8 Å². The van der Waals surface area contributed by atoms with Crippen LogP contribution in [0.4, 0.5) is 4.39 Å². The topological polar surface area (TPSA) is 47.0 Å². The van der Waals surface area contributed by atoms with E-state index in [2.05, 4.69) is 4.98 Å². The lowest BCUT2D eigenvalue weighted by Crippen LogP contribution is -2.12. The monoisotopic (exact) mass is 299 g/mol. The third-order valence-electron chi connectivity index (χ3n) is 2.89. The molecular formula is C13H14FNO2S2. The predicted octanol–water partition coefficient (Wildman–Crippen LogP) is 3.27. The predicted molar refractivity (Wildman–Crippen MR) is 74.3 cm³/mol. The van der Waals surface area contributed by atoms with E-state index in [0.717, 1.165) is 9.88 Å². The van der Waals surface area contributed by atoms with Crippen LogP contribution < -0.4 is 0 Å². The highest BCUT2D eigenvalue weighted by Crippen LogP contribution is 2.27. The number of thiazole rings is 1. The smallest absolute Gasteiger partial charge is 0.162 e. The maximum absolute atomic E-state index is 12.8. The Morgan fingerprint density at radius 1 is 1.32 bits per heavy atom. The van der Waals surface area contributed by atoms with Crippen molar-refractivity contribution in [3.63, 3.8) is 0 Å². The summed E-state index contributed by atoms with van der Waals surface area (Å²) in [5, 5.41) is 0.190. The molecule has 2 aromatic rings. The first-order chi connectivity index (χ1) is 8.88. The zero-order valence-electron chi connectivity index (χ0n) is 10.6. The fourth-order valence-electron chi connectivity index (χ4n) is 1.74. The minimum atomic E-state index is -3.32. The van der Waals surface area contributed by atoms with Crippen molar-refractivity contribution in [3.05, 3.63) is 51.7 Å². The summed E-state index contributed by atoms with van der Waals surface area (Å²) < 4.78 is 37.4. The Kier molecular flexibility index (Phi) is 4.01. The van der Waals surface area contributed by atoms with Crippen LogP contribution in [0.15, 0.2) is 30.5 Å². The maximum Gasteiger partial charge on any atom is 0.162 e. The molecule has 1 heterocycles. The summed E-state index contributed by atoms with van der Waals surface area (Å²) in [7, 11) is -3.32. The molecule has 6 heteroatoms. The number of halogens is 1. The van der Waals surface area contributed by atoms with Crippen LogP contribution in [0.1, 0.15) is 27.6 Å². The largest absolute Gasteiger partial charge is 0.250 e. The quantitative estimate of drug-likeness (QED) is 0.870. The van der Waals surface area contributed by atoms with Crippen LogP contribution in [-0.2, 0) is 15.6 Å². The first kappa shape index (κ1) is 14.1. The van der Waals surface area contributed by atoms with Gasteiger partial charge >= 0.3 is 0 Å². The van der Waals surface area contributed by atoms with Crippen LogP contribution >= 0.6 is 11.3 Å². The van der Waals surface area contributed by atoms with Gasteiger partial charge in [-0.05, 0) is 31.5 Å². The van der Waals surface area contributed by atoms with Crippen LogP contribution in [-0.4, -0.2) is 13.4 Å². The number of aromatic nitrogens is 1. The van der Waals surface area contributed by atoms with Gasteiger partial charge < -0.3 is 0 Å². The van der Waals surface area contributed by atoms with Gasteiger partial charge in [-0.3, -0.25) is 0 Å². The average molecular weight is 299 g/mol. The van der Waals surface area contributed by atoms with E-state index < -0.39 is 15.1 Å². The Morgan fingerprint density at radius 3 is 2.47 bits per heavy atom. The molecule has 3 nitrogen and oxygen atoms in total. The molecule has 0 unspecified atom stereocenters. The van der Waals surface area contributed by atoms with Crippen molar-refractivity contribution >= 4 is 21.2 Å². The van der Waals surface area contributed by atoms with E-state index in [0.29, 0.717) is 5.56 Å². The highest BCUT2D eigenvalue weighted by molar-refractivity contribution is 7.91. The number of rotatable bonds is 4. The third-order valence-corrected chi connectivity index (χ3v) is 6.05. The molecule has 0 aliphatic heterocycles. The molecule has 102 valence electrons. The van der Waals surface area contributed by atoms with Crippen molar-refractivity contribution in [3.8, 4) is 0 Å². The fraction of sp³-hybridized carbons (Fsp3) is 0.308. The molecule has 1 aromatic heterocycles. The van der Waals surface area contributed by atoms with E-state index in [1.165, 1.54) is 35.6 Å². The second-order valence-electron chi connectivity index (χ2n) is 4.35. The molecule has 0 radical (unpaired) electrons. The summed E-state index contributed by atoms with van der Waals surface area (Å²) in [4.78, 5) is 4.78. The first-order valence-corrected chi connectivity index (χ1v) is 8.30. The van der Waals surface area contributed by atoms with Gasteiger partial charge in [-0.25, -0.2) is 17.8 Å². The van der Waals surface area contributed by atoms with E-state index in [1.807, 2.05) is 6.92 Å². The lowest BCUT2D eigenvalue weighted by atomic mass is 10.2. The third kappa shape index (κ3) is 3.39. The highest BCUT2D eigenvalue weighted by Gasteiger charge is 2.23. The van der Waals surface area contributed by atoms with Crippen molar-refractivity contribution in [2.24, 2.45) is 0 Å². The van der Waals surface area contributed by atoms with Gasteiger partial charge in [0.15, 0.2) is 9.84 Å². The minimum Gasteiger partial charge on any atom is -0.250 e. The molecule has 0 aliphatic rings. The zero-order valence-corrected chi connectivity index (χ0v) is 12.3. The standard InChI is InChI=1S/C13H14FNO2S2/c1-9(11-3-5-12(14)6-4-11)19(16,17)8-13-7-15-10(2)18-13/h3-7,9H,8H2,1-2H3/t9-/m1/s1. The lowest BCUT2D eigenvalue weighted by Gasteiger charge is -2.12. The molecule has 0 saturated carbocycles. The molecule has 0 bridgehead atoms. The number of hydrogen-bond acceptors (Lipinski definition) is 4. The molecule has 0 amide bonds. The summed E-state index contributed by atoms with van der Waals surface area (Å²) in [6.07, 6.45) is 1.59. The van der Waals surface area contributed by atoms with Gasteiger partial charge in [0.1, 0.15) is 5.82 Å². The molecule has 0 saturated heterocycles. The lowest BCUT2D eigenvalue weighted by molar-refractivity contribution is 0.585. The molecule has 19 heavy (non-hydrogen) atoms. The number of nitrogens with zero attached hydrogens (tertiary/aromatic N) is 1. The average Bonchev–Trinajstić information content (AvgIpc) is 2.74. The van der Waals surface area contributed by atoms with Gasteiger partial charge in [-0.1, -0.05) is 12.1 Å². The van der Waals surface area contributed by atoms with E-state index in [9.17, 15) is 12.8 Å². The first-order valence-electron chi connectivity index (χ1n) is 5.77. The Morgan fingerprint density at radius 2 is 1.95 bits per heavy atom. The Labute approximate surface area is 116 Å². The van der Waals surface area contributed by atoms with Crippen LogP contribution in [0.5, 0.6) is 0 Å². The highest BCUT2D eigenvalue weighted by atomic mass is 32.2. The van der Waals surface area contributed by atoms with Crippen molar-refractivity contribution in [2.45, 2.75) is 24.9 Å². The van der Waals surface area contributed by atoms with Gasteiger partial charge in [-0.2, -0.15) is 0 Å². The van der Waals surface area contributed by atoms with E-state index in [-0.39, 0.29) is 11.6 Å². The number of aryl methyl sites for hydroxylation is 1. The normalized spacial score (nSPS) is 13.4. The SMILES string of the molecule is Cc1ncc(CS(=O)(=O)[C@H](C)c2ccc(F)cc2)s1. The maximum atomic E-state index is 12.8. The van der Waals surface area contributed by atoms with Crippen molar-refractivity contribution in [1.82, 2.24) is 4.98 Å². The Hall–Kier alpha value is -1.27. The van der Waals surface area contributed by atoms with Gasteiger partial charge in [-0.15, -0.1) is 11.3 Å². The summed E-state index contributed by atoms with van der Waals surface area (Å²) in [6.45, 7) is 3.46. The van der Waals surface area contributed by atoms with Crippen LogP contribution in [0.25, 0.3) is 0 Å². The zero-order chi connectivity index (χ0) is 14.0. The van der Waals surface area contributed by atoms with E-state index >= 15 is 0 Å². The summed E-state index contributed by atoms with van der Waals surface area (Å²) in [6, 6.07) is 5.57. The molecule has 0 spiro atoms. The molecule has 0 aliphatic carbocycles. The summed E-state index contributed by atoms with van der Waals surface area (Å²) in [5.41, 5.74) is 0.600. The fourth-order valence-corrected chi connectivity index (χ4v) is 4.35. The van der Waals surface area contributed by atoms with E-state index in [1.54, 1.807) is 13.1 Å². The van der Waals surface area contributed by atoms with Crippen LogP contribution in [0.3, 0.4) is 0 Å². The molecule has 2 rings (SSSR count). The Bertz CT molecular complexity index is 662. The second-order valence-corrected chi connectivity index (χ2v) is 7.99. The minimum absolute atomic E-state index is 0.0307. The van der Waals surface area contributed by atoms with Crippen molar-refractivity contribution in [1.29, 1.82) is 0 Å². The number of sulfone groups is 1. The van der Waals surface area contributed by atoms with Gasteiger partial charge in [0, 0.05) is 11.1 Å². The molecule has 0 N–H and O–H groups in total. The van der Waals surface area contributed by atoms with E-state index in [4.69, 9.17) is 0 Å². The van der Waals surface area contributed by atoms with Crippen LogP contribution in [0.2, 0.25) is 0 Å².